The molecule has 0 aromatic heterocycles. The van der Waals surface area contributed by atoms with Crippen molar-refractivity contribution in [2.24, 2.45) is 5.92 Å². The van der Waals surface area contributed by atoms with Gasteiger partial charge in [0.05, 0.1) is 0 Å². The number of aliphatic hydroxyl groups is 1. The van der Waals surface area contributed by atoms with E-state index in [0.717, 1.165) is 45.2 Å². The van der Waals surface area contributed by atoms with Gasteiger partial charge in [-0.1, -0.05) is 12.8 Å². The number of aliphatic hydroxyl groups excluding tert-OH is 1. The molecule has 1 atom stereocenters. The minimum atomic E-state index is -0.746. The van der Waals surface area contributed by atoms with Crippen molar-refractivity contribution in [3.63, 3.8) is 0 Å². The molecule has 1 heterocycles. The van der Waals surface area contributed by atoms with Gasteiger partial charge in [0, 0.05) is 32.7 Å². The van der Waals surface area contributed by atoms with Crippen molar-refractivity contribution < 1.29 is 19.8 Å². The van der Waals surface area contributed by atoms with E-state index in [1.165, 1.54) is 0 Å². The van der Waals surface area contributed by atoms with Gasteiger partial charge in [-0.15, -0.1) is 0 Å². The minimum absolute atomic E-state index is 0.0176. The summed E-state index contributed by atoms with van der Waals surface area (Å²) in [5, 5.41) is 20.3. The lowest BCUT2D eigenvalue weighted by Crippen LogP contribution is -2.38. The molecular weight excluding hydrogens is 260 g/mol. The van der Waals surface area contributed by atoms with Gasteiger partial charge in [0.15, 0.2) is 0 Å². The van der Waals surface area contributed by atoms with Crippen molar-refractivity contribution in [2.45, 2.75) is 44.9 Å². The summed E-state index contributed by atoms with van der Waals surface area (Å²) in [6.07, 6.45) is 5.41. The van der Waals surface area contributed by atoms with Crippen LogP contribution in [0, 0.1) is 5.92 Å². The van der Waals surface area contributed by atoms with Crippen molar-refractivity contribution >= 4 is 12.0 Å². The molecule has 1 fully saturated rings. The lowest BCUT2D eigenvalue weighted by molar-refractivity contribution is -0.137. The smallest absolute Gasteiger partial charge is 0.317 e. The Morgan fingerprint density at radius 3 is 2.65 bits per heavy atom. The highest BCUT2D eigenvalue weighted by Crippen LogP contribution is 2.18. The second-order valence-corrected chi connectivity index (χ2v) is 5.40. The van der Waals surface area contributed by atoms with Crippen molar-refractivity contribution in [3.8, 4) is 0 Å². The maximum Gasteiger partial charge on any atom is 0.317 e. The third kappa shape index (κ3) is 6.75. The number of hydrogen-bond donors (Lipinski definition) is 3. The summed E-state index contributed by atoms with van der Waals surface area (Å²) < 4.78 is 0. The predicted molar refractivity (Wildman–Crippen MR) is 75.5 cm³/mol. The number of carbonyl (C=O) groups excluding carboxylic acids is 1. The summed E-state index contributed by atoms with van der Waals surface area (Å²) in [5.74, 6) is -0.313. The fourth-order valence-electron chi connectivity index (χ4n) is 2.50. The van der Waals surface area contributed by atoms with Crippen LogP contribution in [0.3, 0.4) is 0 Å². The van der Waals surface area contributed by atoms with Crippen LogP contribution in [0.4, 0.5) is 4.79 Å². The molecule has 0 spiro atoms. The van der Waals surface area contributed by atoms with Crippen LogP contribution < -0.4 is 5.32 Å². The molecule has 2 amide bonds. The Morgan fingerprint density at radius 1 is 1.20 bits per heavy atom. The van der Waals surface area contributed by atoms with Crippen molar-refractivity contribution in [3.05, 3.63) is 0 Å². The highest BCUT2D eigenvalue weighted by atomic mass is 16.4. The number of hydrogen-bond acceptors (Lipinski definition) is 3. The number of carbonyl (C=O) groups is 2. The molecule has 0 aromatic carbocycles. The summed E-state index contributed by atoms with van der Waals surface area (Å²) in [4.78, 5) is 24.0. The molecule has 6 nitrogen and oxygen atoms in total. The van der Waals surface area contributed by atoms with Gasteiger partial charge >= 0.3 is 12.0 Å². The van der Waals surface area contributed by atoms with Crippen LogP contribution in [0.15, 0.2) is 0 Å². The van der Waals surface area contributed by atoms with Crippen LogP contribution in [0.2, 0.25) is 0 Å². The van der Waals surface area contributed by atoms with E-state index in [2.05, 4.69) is 5.32 Å². The number of aliphatic carboxylic acids is 1. The summed E-state index contributed by atoms with van der Waals surface area (Å²) in [6.45, 7) is 2.35. The Hall–Kier alpha value is -1.30. The molecule has 0 saturated carbocycles. The fraction of sp³-hybridized carbons (Fsp3) is 0.857. The van der Waals surface area contributed by atoms with Gasteiger partial charge in [-0.3, -0.25) is 4.79 Å². The highest BCUT2D eigenvalue weighted by molar-refractivity contribution is 5.74. The molecule has 1 unspecified atom stereocenters. The molecule has 116 valence electrons. The predicted octanol–water partition coefficient (Wildman–Crippen LogP) is 1.44. The first kappa shape index (κ1) is 16.8. The third-order valence-electron chi connectivity index (χ3n) is 3.70. The molecular formula is C14H26N2O4. The molecule has 1 aliphatic rings. The zero-order valence-corrected chi connectivity index (χ0v) is 12.0. The number of unbranched alkanes of at least 4 members (excludes halogenated alkanes) is 3. The molecule has 1 saturated heterocycles. The van der Waals surface area contributed by atoms with Gasteiger partial charge in [-0.25, -0.2) is 4.79 Å². The normalized spacial score (nSPS) is 18.2. The number of nitrogens with zero attached hydrogens (tertiary/aromatic N) is 1. The molecule has 0 radical (unpaired) electrons. The molecule has 6 heteroatoms. The van der Waals surface area contributed by atoms with Crippen molar-refractivity contribution in [1.82, 2.24) is 10.2 Å². The van der Waals surface area contributed by atoms with E-state index >= 15 is 0 Å². The van der Waals surface area contributed by atoms with Crippen molar-refractivity contribution in [1.29, 1.82) is 0 Å². The third-order valence-corrected chi connectivity index (χ3v) is 3.70. The molecule has 0 aromatic rings. The number of rotatable bonds is 9. The summed E-state index contributed by atoms with van der Waals surface area (Å²) in [6, 6.07) is -0.0176. The molecule has 0 bridgehead atoms. The lowest BCUT2D eigenvalue weighted by Gasteiger charge is -2.17. The monoisotopic (exact) mass is 286 g/mol. The number of carboxylic acids is 1. The summed E-state index contributed by atoms with van der Waals surface area (Å²) in [7, 11) is 0. The van der Waals surface area contributed by atoms with Gasteiger partial charge in [0.2, 0.25) is 0 Å². The maximum atomic E-state index is 11.8. The van der Waals surface area contributed by atoms with Gasteiger partial charge in [0.25, 0.3) is 0 Å². The topological polar surface area (TPSA) is 89.9 Å². The zero-order valence-electron chi connectivity index (χ0n) is 12.0. The number of nitrogens with one attached hydrogen (secondary N) is 1. The average molecular weight is 286 g/mol. The van der Waals surface area contributed by atoms with Gasteiger partial charge in [-0.2, -0.15) is 0 Å². The van der Waals surface area contributed by atoms with E-state index in [4.69, 9.17) is 10.2 Å². The Morgan fingerprint density at radius 2 is 1.95 bits per heavy atom. The van der Waals surface area contributed by atoms with Crippen LogP contribution in [0.25, 0.3) is 0 Å². The van der Waals surface area contributed by atoms with Crippen LogP contribution >= 0.6 is 0 Å². The number of carboxylic acid groups (broad SMARTS) is 1. The second-order valence-electron chi connectivity index (χ2n) is 5.40. The summed E-state index contributed by atoms with van der Waals surface area (Å²) in [5.41, 5.74) is 0. The van der Waals surface area contributed by atoms with Gasteiger partial charge in [-0.05, 0) is 31.6 Å². The van der Waals surface area contributed by atoms with E-state index < -0.39 is 5.97 Å². The Kier molecular flexibility index (Phi) is 8.02. The van der Waals surface area contributed by atoms with Crippen LogP contribution in [0.5, 0.6) is 0 Å². The first-order valence-electron chi connectivity index (χ1n) is 7.49. The average Bonchev–Trinajstić information content (AvgIpc) is 2.86. The van der Waals surface area contributed by atoms with E-state index in [9.17, 15) is 9.59 Å². The second kappa shape index (κ2) is 9.58. The fourth-order valence-corrected chi connectivity index (χ4v) is 2.50. The SMILES string of the molecule is O=C(O)CCCCCCNC(=O)N1CCC(CCO)C1. The van der Waals surface area contributed by atoms with Crippen LogP contribution in [0.1, 0.15) is 44.9 Å². The van der Waals surface area contributed by atoms with E-state index in [1.807, 2.05) is 4.90 Å². The Bertz CT molecular complexity index is 310. The largest absolute Gasteiger partial charge is 0.481 e. The maximum absolute atomic E-state index is 11.8. The molecule has 1 rings (SSSR count). The van der Waals surface area contributed by atoms with Gasteiger partial charge < -0.3 is 20.4 Å². The number of amides is 2. The quantitative estimate of drug-likeness (QED) is 0.559. The molecule has 3 N–H and O–H groups in total. The van der Waals surface area contributed by atoms with E-state index in [0.29, 0.717) is 18.9 Å². The first-order valence-corrected chi connectivity index (χ1v) is 7.49. The molecule has 1 aliphatic heterocycles. The number of urea groups is 1. The highest BCUT2D eigenvalue weighted by Gasteiger charge is 2.25. The summed E-state index contributed by atoms with van der Waals surface area (Å²) >= 11 is 0. The zero-order chi connectivity index (χ0) is 14.8. The Labute approximate surface area is 120 Å². The molecule has 0 aliphatic carbocycles. The van der Waals surface area contributed by atoms with E-state index in [-0.39, 0.29) is 19.1 Å². The molecule has 20 heavy (non-hydrogen) atoms. The standard InChI is InChI=1S/C14H26N2O4/c17-10-7-12-6-9-16(11-12)14(20)15-8-4-2-1-3-5-13(18)19/h12,17H,1-11H2,(H,15,20)(H,18,19). The first-order chi connectivity index (χ1) is 9.63. The minimum Gasteiger partial charge on any atom is -0.481 e. The Balaban J connectivity index is 1.99. The van der Waals surface area contributed by atoms with Gasteiger partial charge in [0.1, 0.15) is 0 Å². The van der Waals surface area contributed by atoms with Crippen LogP contribution in [-0.2, 0) is 4.79 Å². The van der Waals surface area contributed by atoms with Crippen molar-refractivity contribution in [2.75, 3.05) is 26.2 Å². The van der Waals surface area contributed by atoms with E-state index in [1.54, 1.807) is 0 Å². The number of likely N-dealkylation sites (tertiary alicyclic amines) is 1. The van der Waals surface area contributed by atoms with Crippen LogP contribution in [-0.4, -0.2) is 53.4 Å². The lowest BCUT2D eigenvalue weighted by atomic mass is 10.1.